The van der Waals surface area contributed by atoms with Crippen LogP contribution in [0.1, 0.15) is 18.4 Å². The lowest BCUT2D eigenvalue weighted by Crippen LogP contribution is -2.39. The minimum Gasteiger partial charge on any atom is -0.468 e. The van der Waals surface area contributed by atoms with Crippen LogP contribution in [0.5, 0.6) is 0 Å². The molecule has 0 aliphatic heterocycles. The zero-order valence-electron chi connectivity index (χ0n) is 13.1. The molecule has 2 atom stereocenters. The molecule has 5 nitrogen and oxygen atoms in total. The van der Waals surface area contributed by atoms with E-state index in [-0.39, 0.29) is 0 Å². The number of hydrogen-bond acceptors (Lipinski definition) is 5. The Hall–Kier alpha value is -1.69. The molecular weight excluding hydrogens is 280 g/mol. The fourth-order valence-electron chi connectivity index (χ4n) is 2.23. The summed E-state index contributed by atoms with van der Waals surface area (Å²) in [5.74, 6) is -0.452. The van der Waals surface area contributed by atoms with Gasteiger partial charge < -0.3 is 15.6 Å². The van der Waals surface area contributed by atoms with Crippen molar-refractivity contribution in [1.29, 1.82) is 0 Å². The van der Waals surface area contributed by atoms with E-state index in [0.717, 1.165) is 6.42 Å². The van der Waals surface area contributed by atoms with Crippen LogP contribution in [0, 0.1) is 0 Å². The average molecular weight is 306 g/mol. The Balaban J connectivity index is 2.47. The maximum absolute atomic E-state index is 11.3. The number of carbonyl (C=O) groups excluding carboxylic acids is 1. The van der Waals surface area contributed by atoms with Crippen LogP contribution in [0.15, 0.2) is 43.0 Å². The minimum absolute atomic E-state index is 0.382. The van der Waals surface area contributed by atoms with Crippen LogP contribution in [-0.2, 0) is 16.0 Å². The first-order chi connectivity index (χ1) is 10.6. The number of hydrogen-bond donors (Lipinski definition) is 2. The molecular formula is C17H26N2O3. The Bertz CT molecular complexity index is 450. The van der Waals surface area contributed by atoms with Gasteiger partial charge in [0.1, 0.15) is 12.3 Å². The van der Waals surface area contributed by atoms with Gasteiger partial charge in [0, 0.05) is 13.1 Å². The Morgan fingerprint density at radius 3 is 2.68 bits per heavy atom. The van der Waals surface area contributed by atoms with Crippen LogP contribution >= 0.6 is 0 Å². The molecule has 122 valence electrons. The predicted octanol–water partition coefficient (Wildman–Crippen LogP) is 1.32. The van der Waals surface area contributed by atoms with Crippen molar-refractivity contribution in [2.45, 2.75) is 31.5 Å². The van der Waals surface area contributed by atoms with E-state index in [9.17, 15) is 9.90 Å². The van der Waals surface area contributed by atoms with E-state index in [1.165, 1.54) is 12.7 Å². The third-order valence-electron chi connectivity index (χ3n) is 3.56. The Morgan fingerprint density at radius 1 is 1.41 bits per heavy atom. The van der Waals surface area contributed by atoms with Crippen LogP contribution in [0.3, 0.4) is 0 Å². The molecule has 0 aliphatic rings. The van der Waals surface area contributed by atoms with Gasteiger partial charge >= 0.3 is 5.97 Å². The molecule has 2 unspecified atom stereocenters. The quantitative estimate of drug-likeness (QED) is 0.387. The highest BCUT2D eigenvalue weighted by Gasteiger charge is 2.19. The Labute approximate surface area is 132 Å². The third-order valence-corrected chi connectivity index (χ3v) is 3.56. The van der Waals surface area contributed by atoms with Crippen molar-refractivity contribution in [3.05, 3.63) is 48.6 Å². The van der Waals surface area contributed by atoms with Gasteiger partial charge in [0.15, 0.2) is 0 Å². The van der Waals surface area contributed by atoms with E-state index < -0.39 is 18.2 Å². The number of carbonyl (C=O) groups is 1. The Kier molecular flexibility index (Phi) is 8.43. The first kappa shape index (κ1) is 18.4. The second-order valence-corrected chi connectivity index (χ2v) is 5.21. The molecule has 0 saturated heterocycles. The second-order valence-electron chi connectivity index (χ2n) is 5.21. The van der Waals surface area contributed by atoms with Crippen molar-refractivity contribution < 1.29 is 14.6 Å². The summed E-state index contributed by atoms with van der Waals surface area (Å²) >= 11 is 0. The van der Waals surface area contributed by atoms with Crippen molar-refractivity contribution >= 4 is 5.97 Å². The first-order valence-electron chi connectivity index (χ1n) is 7.48. The Morgan fingerprint density at radius 2 is 2.09 bits per heavy atom. The number of nitrogens with zero attached hydrogens (tertiary/aromatic N) is 1. The molecule has 3 N–H and O–H groups in total. The summed E-state index contributed by atoms with van der Waals surface area (Å²) in [6.07, 6.45) is 2.74. The fourth-order valence-corrected chi connectivity index (χ4v) is 2.23. The van der Waals surface area contributed by atoms with Crippen LogP contribution in [0.2, 0.25) is 0 Å². The molecule has 1 aromatic carbocycles. The van der Waals surface area contributed by atoms with Crippen molar-refractivity contribution in [3.8, 4) is 0 Å². The van der Waals surface area contributed by atoms with Crippen molar-refractivity contribution in [1.82, 2.24) is 4.90 Å². The summed E-state index contributed by atoms with van der Waals surface area (Å²) in [4.78, 5) is 13.2. The van der Waals surface area contributed by atoms with Gasteiger partial charge in [-0.2, -0.15) is 0 Å². The number of rotatable bonds is 10. The lowest BCUT2D eigenvalue weighted by molar-refractivity contribution is -0.142. The van der Waals surface area contributed by atoms with Gasteiger partial charge in [-0.1, -0.05) is 36.4 Å². The summed E-state index contributed by atoms with van der Waals surface area (Å²) in [5, 5.41) is 10.3. The molecule has 0 saturated carbocycles. The molecule has 0 aliphatic carbocycles. The number of benzene rings is 1. The molecule has 22 heavy (non-hydrogen) atoms. The van der Waals surface area contributed by atoms with Crippen molar-refractivity contribution in [2.75, 3.05) is 20.2 Å². The summed E-state index contributed by atoms with van der Waals surface area (Å²) in [6, 6.07) is 9.41. The lowest BCUT2D eigenvalue weighted by Gasteiger charge is -2.27. The maximum atomic E-state index is 11.3. The lowest BCUT2D eigenvalue weighted by atomic mass is 10.1. The molecule has 0 bridgehead atoms. The largest absolute Gasteiger partial charge is 0.468 e. The average Bonchev–Trinajstić information content (AvgIpc) is 2.56. The van der Waals surface area contributed by atoms with E-state index in [1.807, 2.05) is 23.1 Å². The number of ether oxygens (including phenoxy) is 1. The molecule has 5 heteroatoms. The highest BCUT2D eigenvalue weighted by atomic mass is 16.5. The van der Waals surface area contributed by atoms with Gasteiger partial charge in [0.25, 0.3) is 0 Å². The fraction of sp³-hybridized carbons (Fsp3) is 0.471. The molecule has 0 amide bonds. The number of methoxy groups -OCH3 is 1. The second kappa shape index (κ2) is 10.1. The summed E-state index contributed by atoms with van der Waals surface area (Å²) in [5.41, 5.74) is 6.91. The molecule has 0 radical (unpaired) electrons. The van der Waals surface area contributed by atoms with Gasteiger partial charge in [-0.3, -0.25) is 9.69 Å². The topological polar surface area (TPSA) is 75.8 Å². The number of esters is 1. The van der Waals surface area contributed by atoms with Crippen molar-refractivity contribution in [2.24, 2.45) is 5.73 Å². The molecule has 0 fully saturated rings. The summed E-state index contributed by atoms with van der Waals surface area (Å²) in [7, 11) is 1.31. The van der Waals surface area contributed by atoms with E-state index >= 15 is 0 Å². The van der Waals surface area contributed by atoms with Crippen molar-refractivity contribution in [3.63, 3.8) is 0 Å². The summed E-state index contributed by atoms with van der Waals surface area (Å²) < 4.78 is 4.58. The smallest absolute Gasteiger partial charge is 0.322 e. The molecule has 1 aromatic rings. The highest BCUT2D eigenvalue weighted by Crippen LogP contribution is 2.09. The predicted molar refractivity (Wildman–Crippen MR) is 87.1 cm³/mol. The van der Waals surface area contributed by atoms with Gasteiger partial charge in [-0.15, -0.1) is 6.58 Å². The number of aliphatic hydroxyl groups excluding tert-OH is 1. The molecule has 0 aromatic heterocycles. The van der Waals surface area contributed by atoms with Gasteiger partial charge in [-0.05, 0) is 24.8 Å². The van der Waals surface area contributed by atoms with Gasteiger partial charge in [-0.25, -0.2) is 0 Å². The van der Waals surface area contributed by atoms with E-state index in [0.29, 0.717) is 25.9 Å². The van der Waals surface area contributed by atoms with Crippen LogP contribution < -0.4 is 5.73 Å². The van der Waals surface area contributed by atoms with E-state index in [4.69, 9.17) is 5.73 Å². The first-order valence-corrected chi connectivity index (χ1v) is 7.48. The normalized spacial score (nSPS) is 13.6. The van der Waals surface area contributed by atoms with Crippen LogP contribution in [0.4, 0.5) is 0 Å². The van der Waals surface area contributed by atoms with Crippen LogP contribution in [0.25, 0.3) is 0 Å². The highest BCUT2D eigenvalue weighted by molar-refractivity contribution is 5.75. The molecule has 0 heterocycles. The molecule has 1 rings (SSSR count). The van der Waals surface area contributed by atoms with Gasteiger partial charge in [0.2, 0.25) is 0 Å². The van der Waals surface area contributed by atoms with E-state index in [2.05, 4.69) is 23.4 Å². The van der Waals surface area contributed by atoms with Crippen LogP contribution in [-0.4, -0.2) is 48.4 Å². The minimum atomic E-state index is -0.695. The number of aliphatic hydroxyl groups is 1. The zero-order valence-corrected chi connectivity index (χ0v) is 13.1. The number of nitrogens with two attached hydrogens (primary N) is 1. The standard InChI is InChI=1S/C17H26N2O3/c1-3-12-19(13-11-14-7-5-4-6-8-14)16(20)10-9-15(18)17(21)22-2/h3-8,15-16,20H,1,9-13,18H2,2H3. The maximum Gasteiger partial charge on any atom is 0.322 e. The van der Waals surface area contributed by atoms with E-state index in [1.54, 1.807) is 6.08 Å². The third kappa shape index (κ3) is 6.39. The molecule has 0 spiro atoms. The monoisotopic (exact) mass is 306 g/mol. The van der Waals surface area contributed by atoms with Gasteiger partial charge in [0.05, 0.1) is 7.11 Å². The SMILES string of the molecule is C=CCN(CCc1ccccc1)C(O)CCC(N)C(=O)OC. The summed E-state index contributed by atoms with van der Waals surface area (Å²) in [6.45, 7) is 5.02. The zero-order chi connectivity index (χ0) is 16.4.